The smallest absolute Gasteiger partial charge is 0.387 e. The third-order valence-electron chi connectivity index (χ3n) is 5.92. The Morgan fingerprint density at radius 1 is 1.21 bits per heavy atom. The van der Waals surface area contributed by atoms with Crippen LogP contribution in [0.3, 0.4) is 0 Å². The lowest BCUT2D eigenvalue weighted by Crippen LogP contribution is -2.49. The van der Waals surface area contributed by atoms with E-state index >= 15 is 0 Å². The van der Waals surface area contributed by atoms with Crippen LogP contribution >= 0.6 is 0 Å². The van der Waals surface area contributed by atoms with Crippen LogP contribution in [0.2, 0.25) is 0 Å². The van der Waals surface area contributed by atoms with Gasteiger partial charge >= 0.3 is 18.6 Å². The number of benzene rings is 1. The minimum Gasteiger partial charge on any atom is -0.463 e. The Balaban J connectivity index is 1.74. The van der Waals surface area contributed by atoms with Gasteiger partial charge in [0.2, 0.25) is 0 Å². The first-order valence-corrected chi connectivity index (χ1v) is 10.8. The maximum absolute atomic E-state index is 13.0. The van der Waals surface area contributed by atoms with Crippen molar-refractivity contribution in [1.29, 1.82) is 0 Å². The van der Waals surface area contributed by atoms with Gasteiger partial charge in [-0.05, 0) is 32.0 Å². The van der Waals surface area contributed by atoms with Gasteiger partial charge < -0.3 is 24.7 Å². The fraction of sp³-hybridized carbons (Fsp3) is 0.391. The first-order valence-electron chi connectivity index (χ1n) is 10.8. The zero-order valence-electron chi connectivity index (χ0n) is 18.4. The van der Waals surface area contributed by atoms with Gasteiger partial charge in [-0.25, -0.2) is 9.59 Å². The molecule has 1 aromatic carbocycles. The van der Waals surface area contributed by atoms with Gasteiger partial charge in [-0.3, -0.25) is 4.90 Å². The fourth-order valence-electron chi connectivity index (χ4n) is 4.39. The number of hydrogen-bond acceptors (Lipinski definition) is 5. The van der Waals surface area contributed by atoms with Crippen LogP contribution in [0.25, 0.3) is 0 Å². The summed E-state index contributed by atoms with van der Waals surface area (Å²) in [7, 11) is 0. The monoisotopic (exact) mass is 460 g/mol. The lowest BCUT2D eigenvalue weighted by Gasteiger charge is -2.37. The van der Waals surface area contributed by atoms with E-state index < -0.39 is 24.7 Å². The Morgan fingerprint density at radius 2 is 2.00 bits per heavy atom. The molecule has 4 rings (SSSR count). The zero-order chi connectivity index (χ0) is 23.5. The summed E-state index contributed by atoms with van der Waals surface area (Å²) in [6.45, 7) is 2.57. The summed E-state index contributed by atoms with van der Waals surface area (Å²) < 4.78 is 38.1. The maximum Gasteiger partial charge on any atom is 0.387 e. The average Bonchev–Trinajstić information content (AvgIpc) is 3.25. The predicted octanol–water partition coefficient (Wildman–Crippen LogP) is 3.34. The minimum atomic E-state index is -3.05. The van der Waals surface area contributed by atoms with E-state index in [1.807, 2.05) is 18.3 Å². The van der Waals surface area contributed by atoms with Crippen LogP contribution in [0.4, 0.5) is 13.6 Å². The van der Waals surface area contributed by atoms with Gasteiger partial charge in [-0.15, -0.1) is 0 Å². The number of esters is 1. The Hall–Kier alpha value is -3.40. The lowest BCUT2D eigenvalue weighted by atomic mass is 9.94. The highest BCUT2D eigenvalue weighted by Crippen LogP contribution is 2.35. The molecule has 0 radical (unpaired) electrons. The molecule has 1 aromatic heterocycles. The van der Waals surface area contributed by atoms with E-state index in [-0.39, 0.29) is 36.1 Å². The number of urea groups is 1. The van der Waals surface area contributed by atoms with Crippen LogP contribution in [-0.2, 0) is 16.1 Å². The van der Waals surface area contributed by atoms with Crippen molar-refractivity contribution in [1.82, 2.24) is 20.1 Å². The summed E-state index contributed by atoms with van der Waals surface area (Å²) in [5, 5.41) is 5.41. The molecule has 0 aliphatic carbocycles. The molecule has 0 fully saturated rings. The molecule has 2 aliphatic heterocycles. The molecule has 0 saturated heterocycles. The van der Waals surface area contributed by atoms with Crippen LogP contribution in [0.15, 0.2) is 53.9 Å². The number of nitrogens with one attached hydrogen (secondary N) is 2. The van der Waals surface area contributed by atoms with Crippen molar-refractivity contribution in [2.45, 2.75) is 39.1 Å². The van der Waals surface area contributed by atoms with Crippen molar-refractivity contribution in [3.63, 3.8) is 0 Å². The first-order chi connectivity index (χ1) is 15.9. The van der Waals surface area contributed by atoms with Gasteiger partial charge in [-0.1, -0.05) is 18.2 Å². The van der Waals surface area contributed by atoms with Crippen molar-refractivity contribution >= 4 is 12.0 Å². The number of carbonyl (C=O) groups is 2. The third-order valence-corrected chi connectivity index (χ3v) is 5.92. The summed E-state index contributed by atoms with van der Waals surface area (Å²) in [5.74, 6) is -0.755. The van der Waals surface area contributed by atoms with E-state index in [9.17, 15) is 18.4 Å². The zero-order valence-corrected chi connectivity index (χ0v) is 18.4. The molecule has 3 heterocycles. The number of nitrogens with zero attached hydrogens (tertiary/aromatic N) is 2. The Labute approximate surface area is 190 Å². The minimum absolute atomic E-state index is 0.0457. The molecule has 2 amide bonds. The molecule has 0 spiro atoms. The second-order valence-electron chi connectivity index (χ2n) is 7.83. The van der Waals surface area contributed by atoms with Gasteiger partial charge in [0, 0.05) is 48.8 Å². The Bertz CT molecular complexity index is 1070. The second-order valence-corrected chi connectivity index (χ2v) is 7.83. The molecule has 2 aliphatic rings. The number of hydrogen-bond donors (Lipinski definition) is 2. The molecular weight excluding hydrogens is 434 g/mol. The van der Waals surface area contributed by atoms with Gasteiger partial charge in [0.05, 0.1) is 18.2 Å². The molecule has 10 heteroatoms. The van der Waals surface area contributed by atoms with E-state index in [1.165, 1.54) is 6.07 Å². The number of halogens is 2. The van der Waals surface area contributed by atoms with Gasteiger partial charge in [0.15, 0.2) is 0 Å². The summed E-state index contributed by atoms with van der Waals surface area (Å²) in [5.41, 5.74) is 1.91. The molecule has 2 aromatic rings. The van der Waals surface area contributed by atoms with E-state index in [2.05, 4.69) is 31.8 Å². The number of rotatable bonds is 7. The molecular formula is C23H26F2N4O4. The molecule has 0 saturated carbocycles. The summed E-state index contributed by atoms with van der Waals surface area (Å²) in [4.78, 5) is 27.8. The van der Waals surface area contributed by atoms with Gasteiger partial charge in [-0.2, -0.15) is 8.78 Å². The van der Waals surface area contributed by atoms with Gasteiger partial charge in [0.1, 0.15) is 5.75 Å². The molecule has 33 heavy (non-hydrogen) atoms. The normalized spacial score (nSPS) is 20.8. The topological polar surface area (TPSA) is 84.8 Å². The highest BCUT2D eigenvalue weighted by molar-refractivity contribution is 5.95. The first kappa shape index (κ1) is 22.8. The fourth-order valence-corrected chi connectivity index (χ4v) is 4.39. The number of amides is 2. The van der Waals surface area contributed by atoms with Crippen LogP contribution in [0.1, 0.15) is 37.2 Å². The van der Waals surface area contributed by atoms with Crippen molar-refractivity contribution in [3.8, 4) is 5.75 Å². The van der Waals surface area contributed by atoms with Crippen molar-refractivity contribution in [2.75, 3.05) is 19.7 Å². The van der Waals surface area contributed by atoms with Crippen LogP contribution in [-0.4, -0.2) is 47.8 Å². The molecule has 8 nitrogen and oxygen atoms in total. The number of fused-ring (bicyclic) bond motifs is 1. The van der Waals surface area contributed by atoms with E-state index in [0.717, 1.165) is 12.2 Å². The summed E-state index contributed by atoms with van der Waals surface area (Å²) >= 11 is 0. The quantitative estimate of drug-likeness (QED) is 0.620. The summed E-state index contributed by atoms with van der Waals surface area (Å²) in [6.07, 6.45) is 2.02. The van der Waals surface area contributed by atoms with Crippen LogP contribution in [0, 0.1) is 0 Å². The second kappa shape index (κ2) is 9.62. The van der Waals surface area contributed by atoms with Crippen LogP contribution < -0.4 is 15.4 Å². The number of aromatic nitrogens is 1. The highest BCUT2D eigenvalue weighted by atomic mass is 19.3. The molecule has 2 N–H and O–H groups in total. The SMILES string of the molecule is CCOC(=O)C1=C(CN2CCn3cccc3[C@@H]2C)NC(=O)N[C@@H]1c1ccccc1OC(F)F. The standard InChI is InChI=1S/C23H26F2N4O4/c1-3-32-21(30)19-16(13-29-12-11-28-10-6-8-17(28)14(29)2)26-23(31)27-20(19)15-7-4-5-9-18(15)33-22(24)25/h4-10,14,20,22H,3,11-13H2,1-2H3,(H2,26,27,31)/t14-,20+/m0/s1. The highest BCUT2D eigenvalue weighted by Gasteiger charge is 2.37. The lowest BCUT2D eigenvalue weighted by molar-refractivity contribution is -0.139. The number of carbonyl (C=O) groups excluding carboxylic acids is 2. The Morgan fingerprint density at radius 3 is 2.76 bits per heavy atom. The summed E-state index contributed by atoms with van der Waals surface area (Å²) in [6, 6.07) is 8.62. The van der Waals surface area contributed by atoms with Crippen molar-refractivity contribution in [2.24, 2.45) is 0 Å². The third kappa shape index (κ3) is 4.70. The van der Waals surface area contributed by atoms with E-state index in [4.69, 9.17) is 4.74 Å². The number of para-hydroxylation sites is 1. The van der Waals surface area contributed by atoms with E-state index in [1.54, 1.807) is 25.1 Å². The van der Waals surface area contributed by atoms with Gasteiger partial charge in [0.25, 0.3) is 0 Å². The number of ether oxygens (including phenoxy) is 2. The molecule has 0 unspecified atom stereocenters. The van der Waals surface area contributed by atoms with Crippen molar-refractivity contribution in [3.05, 3.63) is 65.1 Å². The average molecular weight is 460 g/mol. The number of alkyl halides is 2. The van der Waals surface area contributed by atoms with E-state index in [0.29, 0.717) is 12.2 Å². The van der Waals surface area contributed by atoms with Crippen molar-refractivity contribution < 1.29 is 27.8 Å². The molecule has 176 valence electrons. The molecule has 0 bridgehead atoms. The molecule has 2 atom stereocenters. The predicted molar refractivity (Wildman–Crippen MR) is 116 cm³/mol. The largest absolute Gasteiger partial charge is 0.463 e. The maximum atomic E-state index is 13.0. The van der Waals surface area contributed by atoms with Crippen LogP contribution in [0.5, 0.6) is 5.75 Å². The Kier molecular flexibility index (Phi) is 6.64.